The van der Waals surface area contributed by atoms with E-state index in [2.05, 4.69) is 17.6 Å². The van der Waals surface area contributed by atoms with Gasteiger partial charge in [0.1, 0.15) is 5.54 Å². The molecule has 1 aliphatic rings. The maximum Gasteiger partial charge on any atom is 0.330 e. The molecule has 2 N–H and O–H groups in total. The van der Waals surface area contributed by atoms with Gasteiger partial charge in [-0.05, 0) is 19.5 Å². The maximum absolute atomic E-state index is 12.3. The van der Waals surface area contributed by atoms with Crippen molar-refractivity contribution in [3.63, 3.8) is 0 Å². The van der Waals surface area contributed by atoms with Crippen molar-refractivity contribution >= 4 is 5.97 Å². The fourth-order valence-electron chi connectivity index (χ4n) is 2.44. The number of nitrogens with one attached hydrogen (secondary N) is 2. The van der Waals surface area contributed by atoms with Crippen LogP contribution in [0.25, 0.3) is 0 Å². The number of hydrogen-bond acceptors (Lipinski definition) is 4. The molecule has 1 unspecified atom stereocenters. The van der Waals surface area contributed by atoms with Crippen molar-refractivity contribution in [3.8, 4) is 0 Å². The summed E-state index contributed by atoms with van der Waals surface area (Å²) in [4.78, 5) is 12.3. The highest BCUT2D eigenvalue weighted by Gasteiger charge is 2.36. The first-order chi connectivity index (χ1) is 10.2. The van der Waals surface area contributed by atoms with Crippen LogP contribution in [0.4, 0.5) is 0 Å². The molecule has 0 fully saturated rings. The highest BCUT2D eigenvalue weighted by atomic mass is 16.5. The molecule has 0 radical (unpaired) electrons. The zero-order valence-corrected chi connectivity index (χ0v) is 13.7. The van der Waals surface area contributed by atoms with Crippen molar-refractivity contribution in [2.45, 2.75) is 57.4 Å². The Balaban J connectivity index is 2.30. The molecule has 4 nitrogen and oxygen atoms in total. The van der Waals surface area contributed by atoms with Gasteiger partial charge in [-0.25, -0.2) is 4.79 Å². The first-order valence-electron chi connectivity index (χ1n) is 8.12. The van der Waals surface area contributed by atoms with Crippen LogP contribution in [0.5, 0.6) is 0 Å². The van der Waals surface area contributed by atoms with Crippen LogP contribution < -0.4 is 10.6 Å². The van der Waals surface area contributed by atoms with E-state index in [1.165, 1.54) is 25.7 Å². The molecule has 0 heterocycles. The third-order valence-electron chi connectivity index (χ3n) is 4.02. The minimum Gasteiger partial charge on any atom is -0.464 e. The minimum absolute atomic E-state index is 0.179. The second-order valence-electron chi connectivity index (χ2n) is 5.57. The monoisotopic (exact) mass is 294 g/mol. The lowest BCUT2D eigenvalue weighted by atomic mass is 9.90. The van der Waals surface area contributed by atoms with E-state index in [0.717, 1.165) is 18.5 Å². The third kappa shape index (κ3) is 5.54. The summed E-state index contributed by atoms with van der Waals surface area (Å²) in [7, 11) is 3.67. The number of carbonyl (C=O) groups excluding carboxylic acids is 1. The topological polar surface area (TPSA) is 50.4 Å². The van der Waals surface area contributed by atoms with Gasteiger partial charge >= 0.3 is 5.97 Å². The second kappa shape index (κ2) is 9.61. The molecule has 0 saturated carbocycles. The summed E-state index contributed by atoms with van der Waals surface area (Å²) in [5.74, 6) is -0.179. The fraction of sp³-hybridized carbons (Fsp3) is 0.706. The number of ether oxygens (including phenoxy) is 1. The van der Waals surface area contributed by atoms with Crippen LogP contribution in [0.3, 0.4) is 0 Å². The molecule has 120 valence electrons. The van der Waals surface area contributed by atoms with Crippen LogP contribution in [0.2, 0.25) is 0 Å². The third-order valence-corrected chi connectivity index (χ3v) is 4.02. The van der Waals surface area contributed by atoms with E-state index in [4.69, 9.17) is 4.74 Å². The number of allylic oxidation sites excluding steroid dienone is 1. The Morgan fingerprint density at radius 3 is 2.52 bits per heavy atom. The van der Waals surface area contributed by atoms with E-state index < -0.39 is 5.54 Å². The summed E-state index contributed by atoms with van der Waals surface area (Å²) >= 11 is 0. The van der Waals surface area contributed by atoms with Gasteiger partial charge in [0.25, 0.3) is 0 Å². The van der Waals surface area contributed by atoms with Crippen LogP contribution in [-0.4, -0.2) is 32.2 Å². The first kappa shape index (κ1) is 17.8. The molecule has 1 atom stereocenters. The summed E-state index contributed by atoms with van der Waals surface area (Å²) < 4.78 is 5.45. The van der Waals surface area contributed by atoms with Gasteiger partial charge in [0, 0.05) is 19.2 Å². The minimum atomic E-state index is -0.706. The number of carbonyl (C=O) groups is 1. The van der Waals surface area contributed by atoms with E-state index >= 15 is 0 Å². The summed E-state index contributed by atoms with van der Waals surface area (Å²) in [6.07, 6.45) is 13.6. The van der Waals surface area contributed by atoms with Gasteiger partial charge in [-0.1, -0.05) is 51.2 Å². The lowest BCUT2D eigenvalue weighted by Crippen LogP contribution is -2.50. The van der Waals surface area contributed by atoms with Crippen LogP contribution in [-0.2, 0) is 9.53 Å². The summed E-state index contributed by atoms with van der Waals surface area (Å²) in [5, 5.41) is 6.17. The average Bonchev–Trinajstić information content (AvgIpc) is 2.53. The normalized spacial score (nSPS) is 21.0. The zero-order chi connectivity index (χ0) is 15.6. The predicted octanol–water partition coefficient (Wildman–Crippen LogP) is 2.91. The Hall–Kier alpha value is -1.29. The van der Waals surface area contributed by atoms with Crippen molar-refractivity contribution < 1.29 is 9.53 Å². The predicted molar refractivity (Wildman–Crippen MR) is 87.0 cm³/mol. The molecule has 0 aliphatic heterocycles. The molecule has 1 aliphatic carbocycles. The van der Waals surface area contributed by atoms with Gasteiger partial charge in [-0.3, -0.25) is 0 Å². The molecule has 4 heteroatoms. The van der Waals surface area contributed by atoms with Crippen molar-refractivity contribution in [2.24, 2.45) is 0 Å². The highest BCUT2D eigenvalue weighted by Crippen LogP contribution is 2.21. The van der Waals surface area contributed by atoms with Gasteiger partial charge < -0.3 is 15.4 Å². The molecule has 0 aromatic rings. The van der Waals surface area contributed by atoms with Crippen molar-refractivity contribution in [2.75, 3.05) is 20.7 Å². The molecular formula is C17H30N2O2. The molecule has 0 aromatic heterocycles. The van der Waals surface area contributed by atoms with Gasteiger partial charge in [-0.15, -0.1) is 0 Å². The van der Waals surface area contributed by atoms with Crippen LogP contribution in [0.15, 0.2) is 23.9 Å². The van der Waals surface area contributed by atoms with Crippen LogP contribution in [0, 0.1) is 0 Å². The summed E-state index contributed by atoms with van der Waals surface area (Å²) in [5.41, 5.74) is 0.326. The SMILES string of the molecule is CCCCCCCCOC(=O)C1(NC)C=CC(NC)=CC1. The Kier molecular flexibility index (Phi) is 8.13. The summed E-state index contributed by atoms with van der Waals surface area (Å²) in [6.45, 7) is 2.73. The van der Waals surface area contributed by atoms with Gasteiger partial charge in [0.05, 0.1) is 6.61 Å². The fourth-order valence-corrected chi connectivity index (χ4v) is 2.44. The smallest absolute Gasteiger partial charge is 0.330 e. The number of likely N-dealkylation sites (N-methyl/N-ethyl adjacent to an activating group) is 2. The molecule has 0 bridgehead atoms. The quantitative estimate of drug-likeness (QED) is 0.480. The van der Waals surface area contributed by atoms with E-state index in [1.54, 1.807) is 7.05 Å². The van der Waals surface area contributed by atoms with E-state index in [1.807, 2.05) is 25.3 Å². The van der Waals surface area contributed by atoms with E-state index in [0.29, 0.717) is 13.0 Å². The maximum atomic E-state index is 12.3. The first-order valence-corrected chi connectivity index (χ1v) is 8.12. The highest BCUT2D eigenvalue weighted by molar-refractivity contribution is 5.84. The molecule has 0 aromatic carbocycles. The van der Waals surface area contributed by atoms with Gasteiger partial charge in [0.15, 0.2) is 0 Å². The van der Waals surface area contributed by atoms with Gasteiger partial charge in [-0.2, -0.15) is 0 Å². The number of hydrogen-bond donors (Lipinski definition) is 2. The molecule has 0 amide bonds. The van der Waals surface area contributed by atoms with Crippen molar-refractivity contribution in [1.29, 1.82) is 0 Å². The number of rotatable bonds is 10. The second-order valence-corrected chi connectivity index (χ2v) is 5.57. The Morgan fingerprint density at radius 1 is 1.24 bits per heavy atom. The van der Waals surface area contributed by atoms with E-state index in [9.17, 15) is 4.79 Å². The zero-order valence-electron chi connectivity index (χ0n) is 13.7. The van der Waals surface area contributed by atoms with Crippen molar-refractivity contribution in [1.82, 2.24) is 10.6 Å². The standard InChI is InChI=1S/C17H30N2O2/c1-4-5-6-7-8-9-14-21-16(20)17(19-3)12-10-15(18-2)11-13-17/h10-12,18-19H,4-9,13-14H2,1-3H3. The number of esters is 1. The summed E-state index contributed by atoms with van der Waals surface area (Å²) in [6, 6.07) is 0. The molecule has 21 heavy (non-hydrogen) atoms. The lowest BCUT2D eigenvalue weighted by molar-refractivity contribution is -0.149. The average molecular weight is 294 g/mol. The van der Waals surface area contributed by atoms with Crippen molar-refractivity contribution in [3.05, 3.63) is 23.9 Å². The number of unbranched alkanes of at least 4 members (excludes halogenated alkanes) is 5. The molecule has 0 spiro atoms. The lowest BCUT2D eigenvalue weighted by Gasteiger charge is -2.29. The van der Waals surface area contributed by atoms with E-state index in [-0.39, 0.29) is 5.97 Å². The van der Waals surface area contributed by atoms with Gasteiger partial charge in [0.2, 0.25) is 0 Å². The molecular weight excluding hydrogens is 264 g/mol. The van der Waals surface area contributed by atoms with Crippen LogP contribution >= 0.6 is 0 Å². The molecule has 1 rings (SSSR count). The molecule has 0 saturated heterocycles. The Morgan fingerprint density at radius 2 is 1.95 bits per heavy atom. The Bertz CT molecular complexity index is 377. The largest absolute Gasteiger partial charge is 0.464 e. The Labute approximate surface area is 129 Å². The van der Waals surface area contributed by atoms with Crippen LogP contribution in [0.1, 0.15) is 51.9 Å².